The van der Waals surface area contributed by atoms with Crippen LogP contribution >= 0.6 is 15.9 Å². The molecule has 2 unspecified atom stereocenters. The number of anilines is 1. The molecule has 0 aromatic heterocycles. The molecule has 1 saturated carbocycles. The van der Waals surface area contributed by atoms with Crippen LogP contribution in [0.2, 0.25) is 0 Å². The summed E-state index contributed by atoms with van der Waals surface area (Å²) in [6.07, 6.45) is 0.415. The summed E-state index contributed by atoms with van der Waals surface area (Å²) in [5.41, 5.74) is 5.17. The zero-order valence-electron chi connectivity index (χ0n) is 12.4. The zero-order chi connectivity index (χ0) is 15.8. The molecule has 1 aliphatic rings. The van der Waals surface area contributed by atoms with E-state index in [4.69, 9.17) is 10.5 Å². The summed E-state index contributed by atoms with van der Waals surface area (Å²) in [4.78, 5) is 12.5. The predicted molar refractivity (Wildman–Crippen MR) is 83.5 cm³/mol. The van der Waals surface area contributed by atoms with E-state index in [1.165, 1.54) is 6.07 Å². The van der Waals surface area contributed by atoms with Crippen LogP contribution in [-0.2, 0) is 9.53 Å². The molecule has 1 aliphatic carbocycles. The fourth-order valence-electron chi connectivity index (χ4n) is 2.64. The summed E-state index contributed by atoms with van der Waals surface area (Å²) in [5.74, 6) is -0.746. The highest BCUT2D eigenvalue weighted by Gasteiger charge is 2.62. The average Bonchev–Trinajstić information content (AvgIpc) is 2.42. The Morgan fingerprint density at radius 2 is 2.24 bits per heavy atom. The molecule has 0 aliphatic heterocycles. The number of halogens is 2. The van der Waals surface area contributed by atoms with Crippen LogP contribution in [0.25, 0.3) is 0 Å². The SMILES string of the molecule is CCOC1CC(N)(C(=O)Nc2ccc(Br)c(F)c2)C1(C)C. The molecule has 0 spiro atoms. The van der Waals surface area contributed by atoms with Crippen LogP contribution in [-0.4, -0.2) is 24.2 Å². The molecule has 1 aromatic rings. The summed E-state index contributed by atoms with van der Waals surface area (Å²) in [7, 11) is 0. The number of ether oxygens (including phenoxy) is 1. The van der Waals surface area contributed by atoms with Crippen LogP contribution in [0.3, 0.4) is 0 Å². The van der Waals surface area contributed by atoms with Crippen LogP contribution in [0, 0.1) is 11.2 Å². The highest BCUT2D eigenvalue weighted by atomic mass is 79.9. The van der Waals surface area contributed by atoms with E-state index in [9.17, 15) is 9.18 Å². The first-order valence-corrected chi connectivity index (χ1v) is 7.68. The van der Waals surface area contributed by atoms with Crippen molar-refractivity contribution >= 4 is 27.5 Å². The predicted octanol–water partition coefficient (Wildman–Crippen LogP) is 3.06. The van der Waals surface area contributed by atoms with Gasteiger partial charge in [0, 0.05) is 24.1 Å². The summed E-state index contributed by atoms with van der Waals surface area (Å²) in [6.45, 7) is 6.33. The fourth-order valence-corrected chi connectivity index (χ4v) is 2.88. The Balaban J connectivity index is 2.12. The lowest BCUT2D eigenvalue weighted by Crippen LogP contribution is -2.74. The normalized spacial score (nSPS) is 27.0. The van der Waals surface area contributed by atoms with Crippen molar-refractivity contribution in [3.8, 4) is 0 Å². The molecule has 4 nitrogen and oxygen atoms in total. The summed E-state index contributed by atoms with van der Waals surface area (Å²) < 4.78 is 19.4. The smallest absolute Gasteiger partial charge is 0.245 e. The van der Waals surface area contributed by atoms with E-state index in [0.29, 0.717) is 23.2 Å². The first-order chi connectivity index (χ1) is 9.72. The lowest BCUT2D eigenvalue weighted by Gasteiger charge is -2.57. The minimum Gasteiger partial charge on any atom is -0.378 e. The van der Waals surface area contributed by atoms with Gasteiger partial charge >= 0.3 is 0 Å². The lowest BCUT2D eigenvalue weighted by molar-refractivity contribution is -0.166. The van der Waals surface area contributed by atoms with E-state index in [2.05, 4.69) is 21.2 Å². The van der Waals surface area contributed by atoms with Gasteiger partial charge in [0.25, 0.3) is 0 Å². The van der Waals surface area contributed by atoms with Crippen molar-refractivity contribution < 1.29 is 13.9 Å². The van der Waals surface area contributed by atoms with Crippen LogP contribution in [0.5, 0.6) is 0 Å². The molecule has 0 bridgehead atoms. The third-order valence-corrected chi connectivity index (χ3v) is 5.06. The van der Waals surface area contributed by atoms with Gasteiger partial charge in [-0.2, -0.15) is 0 Å². The van der Waals surface area contributed by atoms with Gasteiger partial charge in [0.2, 0.25) is 5.91 Å². The third kappa shape index (κ3) is 2.72. The molecule has 1 amide bonds. The van der Waals surface area contributed by atoms with Crippen molar-refractivity contribution in [2.75, 3.05) is 11.9 Å². The fraction of sp³-hybridized carbons (Fsp3) is 0.533. The molecule has 116 valence electrons. The Morgan fingerprint density at radius 1 is 1.57 bits per heavy atom. The average molecular weight is 359 g/mol. The van der Waals surface area contributed by atoms with Crippen LogP contribution in [0.15, 0.2) is 22.7 Å². The van der Waals surface area contributed by atoms with Crippen molar-refractivity contribution in [3.05, 3.63) is 28.5 Å². The summed E-state index contributed by atoms with van der Waals surface area (Å²) >= 11 is 3.07. The second-order valence-electron chi connectivity index (χ2n) is 5.92. The third-order valence-electron chi connectivity index (χ3n) is 4.41. The highest BCUT2D eigenvalue weighted by molar-refractivity contribution is 9.10. The number of carbonyl (C=O) groups is 1. The second-order valence-corrected chi connectivity index (χ2v) is 6.78. The van der Waals surface area contributed by atoms with Gasteiger partial charge in [0.05, 0.1) is 10.6 Å². The van der Waals surface area contributed by atoms with Crippen molar-refractivity contribution in [2.45, 2.75) is 38.8 Å². The van der Waals surface area contributed by atoms with E-state index in [1.54, 1.807) is 12.1 Å². The molecule has 6 heteroatoms. The van der Waals surface area contributed by atoms with Gasteiger partial charge in [0.15, 0.2) is 0 Å². The number of nitrogens with two attached hydrogens (primary N) is 1. The maximum Gasteiger partial charge on any atom is 0.245 e. The van der Waals surface area contributed by atoms with Gasteiger partial charge in [-0.3, -0.25) is 4.79 Å². The van der Waals surface area contributed by atoms with Gasteiger partial charge in [0.1, 0.15) is 11.4 Å². The molecule has 2 rings (SSSR count). The quantitative estimate of drug-likeness (QED) is 0.869. The molecule has 1 fully saturated rings. The zero-order valence-corrected chi connectivity index (χ0v) is 14.0. The summed E-state index contributed by atoms with van der Waals surface area (Å²) in [6, 6.07) is 4.43. The van der Waals surface area contributed by atoms with Gasteiger partial charge < -0.3 is 15.8 Å². The first kappa shape index (κ1) is 16.4. The molecule has 0 heterocycles. The van der Waals surface area contributed by atoms with Crippen molar-refractivity contribution in [3.63, 3.8) is 0 Å². The van der Waals surface area contributed by atoms with Gasteiger partial charge in [-0.05, 0) is 41.1 Å². The van der Waals surface area contributed by atoms with Gasteiger partial charge in [-0.15, -0.1) is 0 Å². The Kier molecular flexibility index (Phi) is 4.42. The van der Waals surface area contributed by atoms with Crippen molar-refractivity contribution in [2.24, 2.45) is 11.1 Å². The van der Waals surface area contributed by atoms with E-state index < -0.39 is 16.8 Å². The molecule has 21 heavy (non-hydrogen) atoms. The Bertz CT molecular complexity index is 565. The largest absolute Gasteiger partial charge is 0.378 e. The minimum atomic E-state index is -1.02. The first-order valence-electron chi connectivity index (χ1n) is 6.89. The number of carbonyl (C=O) groups excluding carboxylic acids is 1. The Morgan fingerprint density at radius 3 is 2.76 bits per heavy atom. The number of hydrogen-bond donors (Lipinski definition) is 2. The number of rotatable bonds is 4. The topological polar surface area (TPSA) is 64.3 Å². The van der Waals surface area contributed by atoms with E-state index in [0.717, 1.165) is 0 Å². The molecular formula is C15H20BrFN2O2. The van der Waals surface area contributed by atoms with Crippen molar-refractivity contribution in [1.29, 1.82) is 0 Å². The number of nitrogens with one attached hydrogen (secondary N) is 1. The van der Waals surface area contributed by atoms with Crippen LogP contribution in [0.4, 0.5) is 10.1 Å². The highest BCUT2D eigenvalue weighted by Crippen LogP contribution is 2.50. The van der Waals surface area contributed by atoms with Crippen molar-refractivity contribution in [1.82, 2.24) is 0 Å². The maximum absolute atomic E-state index is 13.5. The van der Waals surface area contributed by atoms with E-state index in [1.807, 2.05) is 20.8 Å². The molecule has 3 N–H and O–H groups in total. The summed E-state index contributed by atoms with van der Waals surface area (Å²) in [5, 5.41) is 2.69. The minimum absolute atomic E-state index is 0.0418. The molecule has 0 radical (unpaired) electrons. The molecular weight excluding hydrogens is 339 g/mol. The standard InChI is InChI=1S/C15H20BrFN2O2/c1-4-21-12-8-15(18,14(12,2)3)13(20)19-9-5-6-10(16)11(17)7-9/h5-7,12H,4,8,18H2,1-3H3,(H,19,20). The monoisotopic (exact) mass is 358 g/mol. The second kappa shape index (κ2) is 5.66. The van der Waals surface area contributed by atoms with E-state index in [-0.39, 0.29) is 12.0 Å². The number of benzene rings is 1. The lowest BCUT2D eigenvalue weighted by atomic mass is 9.54. The van der Waals surface area contributed by atoms with Gasteiger partial charge in [-0.25, -0.2) is 4.39 Å². The Hall–Kier alpha value is -0.980. The Labute approximate surface area is 132 Å². The number of hydrogen-bond acceptors (Lipinski definition) is 3. The van der Waals surface area contributed by atoms with E-state index >= 15 is 0 Å². The van der Waals surface area contributed by atoms with Gasteiger partial charge in [-0.1, -0.05) is 13.8 Å². The number of amides is 1. The molecule has 1 aromatic carbocycles. The van der Waals surface area contributed by atoms with Crippen LogP contribution in [0.1, 0.15) is 27.2 Å². The van der Waals surface area contributed by atoms with Crippen LogP contribution < -0.4 is 11.1 Å². The maximum atomic E-state index is 13.5. The molecule has 2 atom stereocenters. The molecule has 0 saturated heterocycles.